The van der Waals surface area contributed by atoms with E-state index in [0.29, 0.717) is 37.7 Å². The summed E-state index contributed by atoms with van der Waals surface area (Å²) >= 11 is 0. The molecule has 1 aliphatic heterocycles. The van der Waals surface area contributed by atoms with Crippen LogP contribution in [0.15, 0.2) is 59.7 Å². The van der Waals surface area contributed by atoms with Crippen LogP contribution < -0.4 is 5.69 Å². The quantitative estimate of drug-likeness (QED) is 0.473. The highest BCUT2D eigenvalue weighted by atomic mass is 16.2. The average molecular weight is 445 g/mol. The lowest BCUT2D eigenvalue weighted by Gasteiger charge is -2.32. The second-order valence-corrected chi connectivity index (χ2v) is 8.61. The molecule has 0 N–H and O–H groups in total. The van der Waals surface area contributed by atoms with Gasteiger partial charge < -0.3 is 4.90 Å². The number of pyridine rings is 1. The number of nitrogens with zero attached hydrogens (tertiary/aromatic N) is 6. The van der Waals surface area contributed by atoms with Crippen molar-refractivity contribution in [1.29, 1.82) is 0 Å². The summed E-state index contributed by atoms with van der Waals surface area (Å²) < 4.78 is 5.38. The fourth-order valence-electron chi connectivity index (χ4n) is 4.81. The molecule has 0 atom stereocenters. The molecule has 33 heavy (non-hydrogen) atoms. The molecule has 1 saturated heterocycles. The van der Waals surface area contributed by atoms with E-state index in [4.69, 9.17) is 0 Å². The molecule has 4 aromatic rings. The van der Waals surface area contributed by atoms with Crippen LogP contribution in [0.25, 0.3) is 16.9 Å². The Labute approximate surface area is 192 Å². The van der Waals surface area contributed by atoms with Gasteiger partial charge in [0, 0.05) is 32.4 Å². The molecule has 1 fully saturated rings. The molecule has 0 saturated carbocycles. The first-order chi connectivity index (χ1) is 16.1. The lowest BCUT2D eigenvalue weighted by molar-refractivity contribution is 0.0682. The van der Waals surface area contributed by atoms with Gasteiger partial charge >= 0.3 is 5.69 Å². The fraction of sp³-hybridized carbons (Fsp3) is 0.360. The number of piperidine rings is 1. The Hall–Kier alpha value is -3.68. The van der Waals surface area contributed by atoms with Gasteiger partial charge in [0.2, 0.25) is 0 Å². The van der Waals surface area contributed by atoms with Crippen LogP contribution in [0.3, 0.4) is 0 Å². The van der Waals surface area contributed by atoms with Crippen LogP contribution in [0.2, 0.25) is 0 Å². The molecule has 4 heterocycles. The average Bonchev–Trinajstić information content (AvgIpc) is 3.37. The maximum Gasteiger partial charge on any atom is 0.330 e. The van der Waals surface area contributed by atoms with E-state index in [9.17, 15) is 9.59 Å². The highest BCUT2D eigenvalue weighted by molar-refractivity contribution is 5.95. The van der Waals surface area contributed by atoms with Crippen LogP contribution in [0.4, 0.5) is 0 Å². The fourth-order valence-corrected chi connectivity index (χ4v) is 4.81. The molecule has 1 aromatic carbocycles. The van der Waals surface area contributed by atoms with Gasteiger partial charge in [0.05, 0.1) is 28.7 Å². The van der Waals surface area contributed by atoms with Crippen molar-refractivity contribution in [3.63, 3.8) is 0 Å². The predicted octanol–water partition coefficient (Wildman–Crippen LogP) is 3.26. The lowest BCUT2D eigenvalue weighted by atomic mass is 9.96. The van der Waals surface area contributed by atoms with Gasteiger partial charge in [-0.2, -0.15) is 5.10 Å². The van der Waals surface area contributed by atoms with E-state index in [1.165, 1.54) is 0 Å². The van der Waals surface area contributed by atoms with Gasteiger partial charge in [-0.1, -0.05) is 18.2 Å². The van der Waals surface area contributed by atoms with E-state index in [0.717, 1.165) is 35.4 Å². The molecule has 5 rings (SSSR count). The van der Waals surface area contributed by atoms with Crippen molar-refractivity contribution >= 4 is 17.1 Å². The predicted molar refractivity (Wildman–Crippen MR) is 127 cm³/mol. The lowest BCUT2D eigenvalue weighted by Crippen LogP contribution is -2.40. The van der Waals surface area contributed by atoms with E-state index in [-0.39, 0.29) is 11.6 Å². The molecule has 170 valence electrons. The number of hydrogen-bond donors (Lipinski definition) is 0. The zero-order valence-electron chi connectivity index (χ0n) is 19.0. The summed E-state index contributed by atoms with van der Waals surface area (Å²) in [6.45, 7) is 6.51. The minimum Gasteiger partial charge on any atom is -0.339 e. The Kier molecular flexibility index (Phi) is 5.58. The van der Waals surface area contributed by atoms with E-state index in [1.54, 1.807) is 21.5 Å². The minimum absolute atomic E-state index is 0.00587. The van der Waals surface area contributed by atoms with Gasteiger partial charge in [0.1, 0.15) is 0 Å². The van der Waals surface area contributed by atoms with Crippen molar-refractivity contribution in [3.05, 3.63) is 76.6 Å². The standard InChI is InChI=1S/C25H28N6O2/c1-3-29-22-10-7-13-26-23(22)30(25(29)33)17-19-11-14-28(15-12-19)24(32)21-16-27-31(18(21)2)20-8-5-4-6-9-20/h4-10,13,16,19H,3,11-12,14-15,17H2,1-2H3. The number of fused-ring (bicyclic) bond motifs is 1. The number of hydrogen-bond acceptors (Lipinski definition) is 4. The Morgan fingerprint density at radius 1 is 1.06 bits per heavy atom. The van der Waals surface area contributed by atoms with Crippen molar-refractivity contribution < 1.29 is 4.79 Å². The molecule has 0 aliphatic carbocycles. The molecule has 0 radical (unpaired) electrons. The number of para-hydroxylation sites is 1. The Morgan fingerprint density at radius 2 is 1.82 bits per heavy atom. The number of likely N-dealkylation sites (tertiary alicyclic amines) is 1. The maximum atomic E-state index is 13.2. The van der Waals surface area contributed by atoms with Crippen molar-refractivity contribution in [2.24, 2.45) is 5.92 Å². The largest absolute Gasteiger partial charge is 0.339 e. The molecule has 0 spiro atoms. The number of benzene rings is 1. The van der Waals surface area contributed by atoms with E-state index < -0.39 is 0 Å². The summed E-state index contributed by atoms with van der Waals surface area (Å²) in [6, 6.07) is 13.6. The normalized spacial score (nSPS) is 14.8. The second-order valence-electron chi connectivity index (χ2n) is 8.61. The van der Waals surface area contributed by atoms with Crippen LogP contribution in [0.5, 0.6) is 0 Å². The summed E-state index contributed by atoms with van der Waals surface area (Å²) in [5.74, 6) is 0.354. The number of amides is 1. The Bertz CT molecular complexity index is 1340. The highest BCUT2D eigenvalue weighted by Crippen LogP contribution is 2.23. The highest BCUT2D eigenvalue weighted by Gasteiger charge is 2.27. The molecule has 8 nitrogen and oxygen atoms in total. The molecule has 0 bridgehead atoms. The SMILES string of the molecule is CCn1c(=O)n(CC2CCN(C(=O)c3cnn(-c4ccccc4)c3C)CC2)c2ncccc21. The summed E-state index contributed by atoms with van der Waals surface area (Å²) in [5, 5.41) is 4.44. The molecule has 3 aromatic heterocycles. The van der Waals surface area contributed by atoms with Gasteiger partial charge in [-0.05, 0) is 56.9 Å². The van der Waals surface area contributed by atoms with Crippen molar-refractivity contribution in [1.82, 2.24) is 28.8 Å². The molecule has 1 amide bonds. The molecule has 8 heteroatoms. The zero-order chi connectivity index (χ0) is 22.9. The third-order valence-electron chi connectivity index (χ3n) is 6.67. The Morgan fingerprint density at radius 3 is 2.55 bits per heavy atom. The second kappa shape index (κ2) is 8.69. The number of carbonyl (C=O) groups excluding carboxylic acids is 1. The van der Waals surface area contributed by atoms with Gasteiger partial charge in [0.25, 0.3) is 5.91 Å². The van der Waals surface area contributed by atoms with Crippen LogP contribution in [0, 0.1) is 12.8 Å². The number of aromatic nitrogens is 5. The zero-order valence-corrected chi connectivity index (χ0v) is 19.0. The van der Waals surface area contributed by atoms with Crippen molar-refractivity contribution in [2.45, 2.75) is 39.8 Å². The van der Waals surface area contributed by atoms with Gasteiger partial charge in [-0.3, -0.25) is 13.9 Å². The van der Waals surface area contributed by atoms with Gasteiger partial charge in [0.15, 0.2) is 5.65 Å². The number of rotatable bonds is 5. The first-order valence-corrected chi connectivity index (χ1v) is 11.5. The van der Waals surface area contributed by atoms with Crippen LogP contribution in [-0.4, -0.2) is 47.8 Å². The number of carbonyl (C=O) groups is 1. The molecule has 0 unspecified atom stereocenters. The van der Waals surface area contributed by atoms with E-state index in [2.05, 4.69) is 10.1 Å². The Balaban J connectivity index is 1.28. The van der Waals surface area contributed by atoms with Crippen LogP contribution in [0.1, 0.15) is 35.8 Å². The minimum atomic E-state index is -0.00587. The summed E-state index contributed by atoms with van der Waals surface area (Å²) in [5.41, 5.74) is 4.05. The van der Waals surface area contributed by atoms with Gasteiger partial charge in [-0.15, -0.1) is 0 Å². The van der Waals surface area contributed by atoms with Crippen molar-refractivity contribution in [3.8, 4) is 5.69 Å². The van der Waals surface area contributed by atoms with Gasteiger partial charge in [-0.25, -0.2) is 14.5 Å². The number of imidazole rings is 1. The maximum absolute atomic E-state index is 13.2. The number of aryl methyl sites for hydroxylation is 1. The summed E-state index contributed by atoms with van der Waals surface area (Å²) in [7, 11) is 0. The summed E-state index contributed by atoms with van der Waals surface area (Å²) in [4.78, 5) is 32.5. The topological polar surface area (TPSA) is 78.0 Å². The van der Waals surface area contributed by atoms with Crippen LogP contribution >= 0.6 is 0 Å². The smallest absolute Gasteiger partial charge is 0.330 e. The van der Waals surface area contributed by atoms with Crippen molar-refractivity contribution in [2.75, 3.05) is 13.1 Å². The monoisotopic (exact) mass is 444 g/mol. The molecule has 1 aliphatic rings. The van der Waals surface area contributed by atoms with Crippen LogP contribution in [-0.2, 0) is 13.1 Å². The van der Waals surface area contributed by atoms with E-state index in [1.807, 2.05) is 65.9 Å². The third kappa shape index (κ3) is 3.75. The third-order valence-corrected chi connectivity index (χ3v) is 6.67. The summed E-state index contributed by atoms with van der Waals surface area (Å²) in [6.07, 6.45) is 5.12. The van der Waals surface area contributed by atoms with E-state index >= 15 is 0 Å². The first kappa shape index (κ1) is 21.2. The molecular weight excluding hydrogens is 416 g/mol. The first-order valence-electron chi connectivity index (χ1n) is 11.5. The molecular formula is C25H28N6O2.